The van der Waals surface area contributed by atoms with Crippen LogP contribution in [0.25, 0.3) is 0 Å². The molecule has 0 aliphatic carbocycles. The van der Waals surface area contributed by atoms with E-state index < -0.39 is 34.7 Å². The first-order valence-corrected chi connectivity index (χ1v) is 4.08. The van der Waals surface area contributed by atoms with Crippen molar-refractivity contribution in [1.82, 2.24) is 0 Å². The molecule has 0 aromatic heterocycles. The third kappa shape index (κ3) is 1.93. The lowest BCUT2D eigenvalue weighted by Crippen LogP contribution is -2.19. The van der Waals surface area contributed by atoms with Crippen molar-refractivity contribution in [2.45, 2.75) is 19.4 Å². The number of hydrogen-bond donors (Lipinski definition) is 3. The second-order valence-electron chi connectivity index (χ2n) is 3.20. The number of rotatable bonds is 2. The number of benzene rings is 1. The topological polar surface area (TPSA) is 66.5 Å². The molecule has 0 fully saturated rings. The summed E-state index contributed by atoms with van der Waals surface area (Å²) in [4.78, 5) is 0. The van der Waals surface area contributed by atoms with E-state index in [1.807, 2.05) is 0 Å². The van der Waals surface area contributed by atoms with Crippen molar-refractivity contribution in [3.8, 4) is 11.5 Å². The molecule has 1 aromatic carbocycles. The summed E-state index contributed by atoms with van der Waals surface area (Å²) >= 11 is 0. The smallest absolute Gasteiger partial charge is 0.171 e. The van der Waals surface area contributed by atoms with Gasteiger partial charge in [0, 0.05) is 17.7 Å². The molecule has 0 spiro atoms. The van der Waals surface area contributed by atoms with Crippen LogP contribution in [-0.4, -0.2) is 16.3 Å². The Kier molecular flexibility index (Phi) is 2.90. The highest BCUT2D eigenvalue weighted by molar-refractivity contribution is 5.40. The van der Waals surface area contributed by atoms with Crippen molar-refractivity contribution in [2.75, 3.05) is 0 Å². The molecular formula is C9H11F2NO2. The van der Waals surface area contributed by atoms with Gasteiger partial charge in [0.2, 0.25) is 0 Å². The fourth-order valence-corrected chi connectivity index (χ4v) is 1.16. The molecule has 0 aliphatic heterocycles. The van der Waals surface area contributed by atoms with Gasteiger partial charge in [-0.05, 0) is 13.3 Å². The average molecular weight is 203 g/mol. The van der Waals surface area contributed by atoms with Crippen molar-refractivity contribution >= 4 is 0 Å². The molecule has 0 aliphatic rings. The van der Waals surface area contributed by atoms with Crippen LogP contribution in [0.2, 0.25) is 0 Å². The molecule has 3 nitrogen and oxygen atoms in total. The monoisotopic (exact) mass is 203 g/mol. The Balaban J connectivity index is 3.25. The molecule has 0 heterocycles. The second-order valence-corrected chi connectivity index (χ2v) is 3.20. The Labute approximate surface area is 79.8 Å². The molecule has 1 atom stereocenters. The Morgan fingerprint density at radius 1 is 1.29 bits per heavy atom. The third-order valence-corrected chi connectivity index (χ3v) is 1.78. The normalized spacial score (nSPS) is 12.9. The molecule has 78 valence electrons. The molecule has 5 heteroatoms. The maximum Gasteiger partial charge on any atom is 0.171 e. The predicted octanol–water partition coefficient (Wildman–Crippen LogP) is 1.27. The molecule has 1 unspecified atom stereocenters. The highest BCUT2D eigenvalue weighted by Crippen LogP contribution is 2.30. The van der Waals surface area contributed by atoms with Crippen LogP contribution in [0.3, 0.4) is 0 Å². The number of phenolic OH excluding ortho intramolecular Hbond substituents is 2. The number of halogens is 2. The average Bonchev–Trinajstić information content (AvgIpc) is 2.09. The minimum Gasteiger partial charge on any atom is -0.505 e. The molecule has 1 rings (SSSR count). The van der Waals surface area contributed by atoms with Gasteiger partial charge >= 0.3 is 0 Å². The first kappa shape index (κ1) is 10.7. The summed E-state index contributed by atoms with van der Waals surface area (Å²) < 4.78 is 26.3. The fourth-order valence-electron chi connectivity index (χ4n) is 1.16. The first-order valence-electron chi connectivity index (χ1n) is 4.08. The zero-order valence-electron chi connectivity index (χ0n) is 7.59. The SMILES string of the molecule is CC(N)Cc1c(F)c(O)cc(O)c1F. The lowest BCUT2D eigenvalue weighted by molar-refractivity contribution is 0.388. The second kappa shape index (κ2) is 3.79. The van der Waals surface area contributed by atoms with E-state index in [2.05, 4.69) is 0 Å². The largest absolute Gasteiger partial charge is 0.505 e. The van der Waals surface area contributed by atoms with Crippen LogP contribution in [0.4, 0.5) is 8.78 Å². The van der Waals surface area contributed by atoms with E-state index in [4.69, 9.17) is 15.9 Å². The Hall–Kier alpha value is -1.36. The molecule has 1 aromatic rings. The van der Waals surface area contributed by atoms with E-state index in [1.165, 1.54) is 0 Å². The minimum absolute atomic E-state index is 0.0837. The number of hydrogen-bond acceptors (Lipinski definition) is 3. The van der Waals surface area contributed by atoms with Gasteiger partial charge in [-0.3, -0.25) is 0 Å². The molecule has 4 N–H and O–H groups in total. The van der Waals surface area contributed by atoms with Crippen molar-refractivity contribution in [1.29, 1.82) is 0 Å². The number of phenols is 2. The summed E-state index contributed by atoms with van der Waals surface area (Å²) in [6.45, 7) is 1.57. The highest BCUT2D eigenvalue weighted by Gasteiger charge is 2.18. The van der Waals surface area contributed by atoms with Crippen LogP contribution in [0.1, 0.15) is 12.5 Å². The van der Waals surface area contributed by atoms with E-state index >= 15 is 0 Å². The molecule has 0 amide bonds. The summed E-state index contributed by atoms with van der Waals surface area (Å²) in [6, 6.07) is 0.162. The first-order chi connectivity index (χ1) is 6.43. The van der Waals surface area contributed by atoms with Gasteiger partial charge in [0.15, 0.2) is 23.1 Å². The van der Waals surface area contributed by atoms with E-state index in [0.29, 0.717) is 6.07 Å². The van der Waals surface area contributed by atoms with Crippen molar-refractivity contribution < 1.29 is 19.0 Å². The van der Waals surface area contributed by atoms with Crippen LogP contribution < -0.4 is 5.73 Å². The van der Waals surface area contributed by atoms with Crippen molar-refractivity contribution in [3.05, 3.63) is 23.3 Å². The van der Waals surface area contributed by atoms with E-state index in [9.17, 15) is 8.78 Å². The van der Waals surface area contributed by atoms with Gasteiger partial charge in [-0.25, -0.2) is 8.78 Å². The van der Waals surface area contributed by atoms with Gasteiger partial charge in [0.1, 0.15) is 0 Å². The molecule has 0 bridgehead atoms. The van der Waals surface area contributed by atoms with E-state index in [1.54, 1.807) is 6.92 Å². The van der Waals surface area contributed by atoms with Gasteiger partial charge in [-0.15, -0.1) is 0 Å². The van der Waals surface area contributed by atoms with E-state index in [-0.39, 0.29) is 6.42 Å². The number of aromatic hydroxyl groups is 2. The fraction of sp³-hybridized carbons (Fsp3) is 0.333. The number of nitrogens with two attached hydrogens (primary N) is 1. The highest BCUT2D eigenvalue weighted by atomic mass is 19.1. The van der Waals surface area contributed by atoms with Gasteiger partial charge < -0.3 is 15.9 Å². The lowest BCUT2D eigenvalue weighted by Gasteiger charge is -2.09. The predicted molar refractivity (Wildman–Crippen MR) is 47.0 cm³/mol. The van der Waals surface area contributed by atoms with Gasteiger partial charge in [0.05, 0.1) is 0 Å². The Morgan fingerprint density at radius 2 is 1.71 bits per heavy atom. The molecule has 14 heavy (non-hydrogen) atoms. The van der Waals surface area contributed by atoms with Crippen molar-refractivity contribution in [3.63, 3.8) is 0 Å². The molecular weight excluding hydrogens is 192 g/mol. The van der Waals surface area contributed by atoms with Crippen LogP contribution in [0.5, 0.6) is 11.5 Å². The van der Waals surface area contributed by atoms with E-state index in [0.717, 1.165) is 0 Å². The summed E-state index contributed by atoms with van der Waals surface area (Å²) in [6.07, 6.45) is -0.0837. The maximum atomic E-state index is 13.1. The molecule has 0 radical (unpaired) electrons. The van der Waals surface area contributed by atoms with Gasteiger partial charge in [-0.2, -0.15) is 0 Å². The Morgan fingerprint density at radius 3 is 2.07 bits per heavy atom. The third-order valence-electron chi connectivity index (χ3n) is 1.78. The van der Waals surface area contributed by atoms with Crippen LogP contribution in [0.15, 0.2) is 6.07 Å². The van der Waals surface area contributed by atoms with Gasteiger partial charge in [-0.1, -0.05) is 0 Å². The zero-order valence-corrected chi connectivity index (χ0v) is 7.59. The maximum absolute atomic E-state index is 13.1. The summed E-state index contributed by atoms with van der Waals surface area (Å²) in [7, 11) is 0. The minimum atomic E-state index is -1.07. The van der Waals surface area contributed by atoms with Gasteiger partial charge in [0.25, 0.3) is 0 Å². The standard InChI is InChI=1S/C9H11F2NO2/c1-4(12)2-5-8(10)6(13)3-7(14)9(5)11/h3-4,13-14H,2,12H2,1H3. The molecule has 0 saturated heterocycles. The van der Waals surface area contributed by atoms with Crippen LogP contribution in [-0.2, 0) is 6.42 Å². The lowest BCUT2D eigenvalue weighted by atomic mass is 10.1. The summed E-state index contributed by atoms with van der Waals surface area (Å²) in [5.74, 6) is -3.70. The molecule has 0 saturated carbocycles. The zero-order chi connectivity index (χ0) is 10.9. The van der Waals surface area contributed by atoms with Crippen LogP contribution >= 0.6 is 0 Å². The van der Waals surface area contributed by atoms with Crippen LogP contribution in [0, 0.1) is 11.6 Å². The summed E-state index contributed by atoms with van der Waals surface area (Å²) in [5.41, 5.74) is 4.97. The quantitative estimate of drug-likeness (QED) is 0.678. The van der Waals surface area contributed by atoms with Crippen molar-refractivity contribution in [2.24, 2.45) is 5.73 Å². The summed E-state index contributed by atoms with van der Waals surface area (Å²) in [5, 5.41) is 18.0. The Bertz CT molecular complexity index is 327.